The van der Waals surface area contributed by atoms with Crippen LogP contribution in [0.15, 0.2) is 83.6 Å². The van der Waals surface area contributed by atoms with Crippen LogP contribution in [-0.4, -0.2) is 15.9 Å². The van der Waals surface area contributed by atoms with Crippen LogP contribution in [0.5, 0.6) is 0 Å². The summed E-state index contributed by atoms with van der Waals surface area (Å²) < 4.78 is 5.54. The topological polar surface area (TPSA) is 61.3 Å². The van der Waals surface area contributed by atoms with Crippen molar-refractivity contribution < 1.29 is 9.21 Å². The first-order valence-corrected chi connectivity index (χ1v) is 9.97. The van der Waals surface area contributed by atoms with Gasteiger partial charge in [0, 0.05) is 35.6 Å². The highest BCUT2D eigenvalue weighted by molar-refractivity contribution is 6.01. The third-order valence-electron chi connectivity index (χ3n) is 5.85. The molecule has 0 aliphatic carbocycles. The normalized spacial score (nSPS) is 13.1. The first kappa shape index (κ1) is 16.9. The number of nitrogens with one attached hydrogen (secondary N) is 2. The molecule has 0 atom stereocenters. The van der Waals surface area contributed by atoms with Crippen LogP contribution in [0.1, 0.15) is 11.1 Å². The standard InChI is InChI=1S/C25H19N3O2/c29-25(27-23-13-26-22-6-2-1-4-21(22)23)28-14-17-9-8-16(12-18(17)15-28)19-5-3-7-24-20(19)10-11-30-24/h1-13,26H,14-15H2,(H,27,29). The van der Waals surface area contributed by atoms with E-state index in [1.54, 1.807) is 6.26 Å². The molecule has 2 N–H and O–H groups in total. The molecule has 2 aromatic heterocycles. The maximum absolute atomic E-state index is 12.9. The summed E-state index contributed by atoms with van der Waals surface area (Å²) in [4.78, 5) is 17.9. The Morgan fingerprint density at radius 3 is 2.80 bits per heavy atom. The van der Waals surface area contributed by atoms with Gasteiger partial charge in [0.25, 0.3) is 0 Å². The number of carbonyl (C=O) groups is 1. The molecule has 146 valence electrons. The molecule has 1 aliphatic rings. The number of hydrogen-bond acceptors (Lipinski definition) is 2. The Kier molecular flexibility index (Phi) is 3.68. The predicted molar refractivity (Wildman–Crippen MR) is 118 cm³/mol. The summed E-state index contributed by atoms with van der Waals surface area (Å²) in [6.45, 7) is 1.21. The molecule has 2 amide bonds. The number of aromatic amines is 1. The van der Waals surface area contributed by atoms with Crippen molar-refractivity contribution in [1.82, 2.24) is 9.88 Å². The van der Waals surface area contributed by atoms with Gasteiger partial charge >= 0.3 is 6.03 Å². The number of hydrogen-bond donors (Lipinski definition) is 2. The van der Waals surface area contributed by atoms with E-state index in [1.807, 2.05) is 53.6 Å². The molecular formula is C25H19N3O2. The molecule has 5 nitrogen and oxygen atoms in total. The first-order valence-electron chi connectivity index (χ1n) is 9.97. The van der Waals surface area contributed by atoms with Gasteiger partial charge in [-0.25, -0.2) is 4.79 Å². The highest BCUT2D eigenvalue weighted by Crippen LogP contribution is 2.33. The van der Waals surface area contributed by atoms with Gasteiger partial charge in [0.05, 0.1) is 12.0 Å². The zero-order valence-corrected chi connectivity index (χ0v) is 16.2. The predicted octanol–water partition coefficient (Wildman–Crippen LogP) is 6.13. The molecule has 0 saturated heterocycles. The van der Waals surface area contributed by atoms with Crippen LogP contribution in [0.25, 0.3) is 33.0 Å². The molecule has 1 aliphatic heterocycles. The maximum Gasteiger partial charge on any atom is 0.322 e. The third-order valence-corrected chi connectivity index (χ3v) is 5.85. The fourth-order valence-electron chi connectivity index (χ4n) is 4.32. The SMILES string of the molecule is O=C(Nc1c[nH]c2ccccc12)N1Cc2ccc(-c3cccc4occc34)cc2C1. The first-order chi connectivity index (χ1) is 14.8. The van der Waals surface area contributed by atoms with E-state index in [0.29, 0.717) is 13.1 Å². The molecule has 5 aromatic rings. The van der Waals surface area contributed by atoms with Crippen molar-refractivity contribution in [1.29, 1.82) is 0 Å². The number of urea groups is 1. The van der Waals surface area contributed by atoms with Crippen molar-refractivity contribution in [3.05, 3.63) is 90.3 Å². The highest BCUT2D eigenvalue weighted by Gasteiger charge is 2.24. The summed E-state index contributed by atoms with van der Waals surface area (Å²) in [5.41, 5.74) is 7.35. The molecule has 0 saturated carbocycles. The number of amides is 2. The fraction of sp³-hybridized carbons (Fsp3) is 0.0800. The molecule has 0 fully saturated rings. The quantitative estimate of drug-likeness (QED) is 0.379. The lowest BCUT2D eigenvalue weighted by Gasteiger charge is -2.16. The number of fused-ring (bicyclic) bond motifs is 3. The van der Waals surface area contributed by atoms with Gasteiger partial charge in [-0.3, -0.25) is 0 Å². The van der Waals surface area contributed by atoms with Gasteiger partial charge < -0.3 is 19.6 Å². The zero-order chi connectivity index (χ0) is 20.1. The van der Waals surface area contributed by atoms with Crippen LogP contribution in [0, 0.1) is 0 Å². The Bertz CT molecular complexity index is 1410. The number of furan rings is 1. The molecule has 3 aromatic carbocycles. The Labute approximate surface area is 172 Å². The largest absolute Gasteiger partial charge is 0.464 e. The smallest absolute Gasteiger partial charge is 0.322 e. The summed E-state index contributed by atoms with van der Waals surface area (Å²) in [6.07, 6.45) is 3.56. The molecule has 0 radical (unpaired) electrons. The van der Waals surface area contributed by atoms with Gasteiger partial charge in [-0.2, -0.15) is 0 Å². The Hall–Kier alpha value is -3.99. The average Bonchev–Trinajstić information content (AvgIpc) is 3.51. The number of para-hydroxylation sites is 1. The highest BCUT2D eigenvalue weighted by atomic mass is 16.3. The summed E-state index contributed by atoms with van der Waals surface area (Å²) in [7, 11) is 0. The molecule has 0 spiro atoms. The van der Waals surface area contributed by atoms with Crippen molar-refractivity contribution in [3.8, 4) is 11.1 Å². The third kappa shape index (κ3) is 2.67. The van der Waals surface area contributed by atoms with Crippen molar-refractivity contribution in [2.24, 2.45) is 0 Å². The number of anilines is 1. The lowest BCUT2D eigenvalue weighted by molar-refractivity contribution is 0.212. The number of aromatic nitrogens is 1. The minimum Gasteiger partial charge on any atom is -0.464 e. The molecule has 3 heterocycles. The van der Waals surface area contributed by atoms with E-state index in [1.165, 1.54) is 11.1 Å². The van der Waals surface area contributed by atoms with Crippen LogP contribution in [0.4, 0.5) is 10.5 Å². The van der Waals surface area contributed by atoms with Gasteiger partial charge in [0.15, 0.2) is 0 Å². The van der Waals surface area contributed by atoms with Gasteiger partial charge in [-0.1, -0.05) is 42.5 Å². The van der Waals surface area contributed by atoms with E-state index in [0.717, 1.165) is 38.7 Å². The second-order valence-electron chi connectivity index (χ2n) is 7.66. The number of carbonyl (C=O) groups excluding carboxylic acids is 1. The van der Waals surface area contributed by atoms with Crippen LogP contribution in [0.2, 0.25) is 0 Å². The van der Waals surface area contributed by atoms with Crippen molar-refractivity contribution in [2.75, 3.05) is 5.32 Å². The zero-order valence-electron chi connectivity index (χ0n) is 16.2. The minimum atomic E-state index is -0.0885. The summed E-state index contributed by atoms with van der Waals surface area (Å²) >= 11 is 0. The monoisotopic (exact) mass is 393 g/mol. The summed E-state index contributed by atoms with van der Waals surface area (Å²) in [6, 6.07) is 22.4. The molecule has 0 unspecified atom stereocenters. The molecule has 30 heavy (non-hydrogen) atoms. The van der Waals surface area contributed by atoms with E-state index >= 15 is 0 Å². The molecule has 5 heteroatoms. The number of benzene rings is 3. The molecule has 0 bridgehead atoms. The number of H-pyrrole nitrogens is 1. The average molecular weight is 393 g/mol. The lowest BCUT2D eigenvalue weighted by Crippen LogP contribution is -2.30. The van der Waals surface area contributed by atoms with E-state index in [2.05, 4.69) is 34.6 Å². The Morgan fingerprint density at radius 2 is 1.83 bits per heavy atom. The van der Waals surface area contributed by atoms with E-state index in [4.69, 9.17) is 4.42 Å². The van der Waals surface area contributed by atoms with Crippen LogP contribution in [0.3, 0.4) is 0 Å². The van der Waals surface area contributed by atoms with Gasteiger partial charge in [-0.15, -0.1) is 0 Å². The number of rotatable bonds is 2. The van der Waals surface area contributed by atoms with E-state index in [9.17, 15) is 4.79 Å². The number of nitrogens with zero attached hydrogens (tertiary/aromatic N) is 1. The van der Waals surface area contributed by atoms with Gasteiger partial charge in [0.2, 0.25) is 0 Å². The van der Waals surface area contributed by atoms with Crippen molar-refractivity contribution >= 4 is 33.6 Å². The van der Waals surface area contributed by atoms with Gasteiger partial charge in [0.1, 0.15) is 5.58 Å². The second kappa shape index (κ2) is 6.52. The van der Waals surface area contributed by atoms with Crippen molar-refractivity contribution in [2.45, 2.75) is 13.1 Å². The Morgan fingerprint density at radius 1 is 0.933 bits per heavy atom. The minimum absolute atomic E-state index is 0.0885. The van der Waals surface area contributed by atoms with Crippen LogP contribution in [-0.2, 0) is 13.1 Å². The Balaban J connectivity index is 1.26. The maximum atomic E-state index is 12.9. The van der Waals surface area contributed by atoms with E-state index < -0.39 is 0 Å². The summed E-state index contributed by atoms with van der Waals surface area (Å²) in [5, 5.41) is 5.17. The summed E-state index contributed by atoms with van der Waals surface area (Å²) in [5.74, 6) is 0. The second-order valence-corrected chi connectivity index (χ2v) is 7.66. The van der Waals surface area contributed by atoms with E-state index in [-0.39, 0.29) is 6.03 Å². The van der Waals surface area contributed by atoms with Crippen LogP contribution < -0.4 is 5.32 Å². The fourth-order valence-corrected chi connectivity index (χ4v) is 4.32. The van der Waals surface area contributed by atoms with Gasteiger partial charge in [-0.05, 0) is 46.5 Å². The lowest BCUT2D eigenvalue weighted by atomic mass is 9.98. The molecule has 6 rings (SSSR count). The molecular weight excluding hydrogens is 374 g/mol. The van der Waals surface area contributed by atoms with Crippen LogP contribution >= 0.6 is 0 Å². The van der Waals surface area contributed by atoms with Crippen molar-refractivity contribution in [3.63, 3.8) is 0 Å².